The number of carbonyl (C=O) groups is 1. The normalized spacial score (nSPS) is 14.1. The number of aromatic nitrogens is 3. The van der Waals surface area contributed by atoms with E-state index in [-0.39, 0.29) is 5.78 Å². The van der Waals surface area contributed by atoms with E-state index in [1.807, 2.05) is 22.8 Å². The Labute approximate surface area is 216 Å². The number of hydrogen-bond acceptors (Lipinski definition) is 7. The van der Waals surface area contributed by atoms with Gasteiger partial charge in [0.05, 0.1) is 34.3 Å². The molecule has 1 aliphatic rings. The minimum absolute atomic E-state index is 0.208. The second kappa shape index (κ2) is 11.3. The first-order chi connectivity index (χ1) is 17.3. The molecule has 12 heteroatoms. The van der Waals surface area contributed by atoms with Gasteiger partial charge in [-0.05, 0) is 29.8 Å². The van der Waals surface area contributed by atoms with Crippen LogP contribution in [0.15, 0.2) is 47.3 Å². The van der Waals surface area contributed by atoms with E-state index in [4.69, 9.17) is 33.7 Å². The average molecular weight is 534 g/mol. The number of ether oxygens (including phenoxy) is 1. The van der Waals surface area contributed by atoms with Crippen LogP contribution in [0.4, 0.5) is 0 Å². The Kier molecular flexibility index (Phi) is 8.12. The van der Waals surface area contributed by atoms with Crippen LogP contribution in [0.3, 0.4) is 0 Å². The molecular weight excluding hydrogens is 509 g/mol. The molecule has 0 bridgehead atoms. The highest BCUT2D eigenvalue weighted by molar-refractivity contribution is 6.42. The summed E-state index contributed by atoms with van der Waals surface area (Å²) < 4.78 is 8.43. The smallest absolute Gasteiger partial charge is 0.358 e. The van der Waals surface area contributed by atoms with Gasteiger partial charge in [-0.1, -0.05) is 41.4 Å². The Morgan fingerprint density at radius 1 is 1.06 bits per heavy atom. The molecule has 0 atom stereocenters. The van der Waals surface area contributed by atoms with Gasteiger partial charge in [-0.25, -0.2) is 14.2 Å². The zero-order chi connectivity index (χ0) is 25.8. The molecule has 10 nitrogen and oxygen atoms in total. The maximum atomic E-state index is 12.6. The number of nitrogens with two attached hydrogens (primary N) is 1. The van der Waals surface area contributed by atoms with Crippen LogP contribution in [0.5, 0.6) is 5.75 Å². The van der Waals surface area contributed by atoms with E-state index >= 15 is 0 Å². The summed E-state index contributed by atoms with van der Waals surface area (Å²) in [6.07, 6.45) is 0. The first kappa shape index (κ1) is 25.9. The lowest BCUT2D eigenvalue weighted by Crippen LogP contribution is -2.38. The molecule has 1 saturated heterocycles. The van der Waals surface area contributed by atoms with Crippen LogP contribution in [0.2, 0.25) is 10.0 Å². The number of morpholine rings is 1. The quantitative estimate of drug-likeness (QED) is 0.356. The molecule has 4 aromatic rings. The number of carboxylic acids is 1. The van der Waals surface area contributed by atoms with Crippen LogP contribution in [0, 0.1) is 0 Å². The third kappa shape index (κ3) is 5.32. The molecule has 0 amide bonds. The van der Waals surface area contributed by atoms with Crippen molar-refractivity contribution >= 4 is 46.0 Å². The lowest BCUT2D eigenvalue weighted by atomic mass is 10.2. The fourth-order valence-corrected chi connectivity index (χ4v) is 4.31. The molecule has 0 unspecified atom stereocenters. The van der Waals surface area contributed by atoms with E-state index in [0.717, 1.165) is 30.7 Å². The van der Waals surface area contributed by atoms with Crippen molar-refractivity contribution in [1.29, 1.82) is 0 Å². The maximum Gasteiger partial charge on any atom is 0.358 e. The zero-order valence-electron chi connectivity index (χ0n) is 19.2. The van der Waals surface area contributed by atoms with E-state index in [1.165, 1.54) is 4.40 Å². The van der Waals surface area contributed by atoms with Gasteiger partial charge in [0.1, 0.15) is 0 Å². The Hall–Kier alpha value is -3.15. The monoisotopic (exact) mass is 533 g/mol. The van der Waals surface area contributed by atoms with Crippen molar-refractivity contribution in [3.05, 3.63) is 74.1 Å². The maximum absolute atomic E-state index is 12.6. The summed E-state index contributed by atoms with van der Waals surface area (Å²) in [4.78, 5) is 30.2. The van der Waals surface area contributed by atoms with Crippen molar-refractivity contribution in [2.45, 2.75) is 13.1 Å². The summed E-state index contributed by atoms with van der Waals surface area (Å²) in [5.41, 5.74) is 6.28. The van der Waals surface area contributed by atoms with E-state index in [2.05, 4.69) is 9.88 Å². The van der Waals surface area contributed by atoms with Gasteiger partial charge in [-0.2, -0.15) is 0 Å². The molecule has 1 aliphatic heterocycles. The van der Waals surface area contributed by atoms with E-state index in [1.54, 1.807) is 24.3 Å². The van der Waals surface area contributed by atoms with Crippen molar-refractivity contribution in [1.82, 2.24) is 18.9 Å². The van der Waals surface area contributed by atoms with Gasteiger partial charge < -0.3 is 25.3 Å². The number of halogens is 2. The first-order valence-electron chi connectivity index (χ1n) is 11.2. The van der Waals surface area contributed by atoms with E-state index in [0.29, 0.717) is 41.9 Å². The minimum atomic E-state index is -1.44. The molecule has 3 heterocycles. The fraction of sp³-hybridized carbons (Fsp3) is 0.292. The topological polar surface area (TPSA) is 135 Å². The second-order valence-corrected chi connectivity index (χ2v) is 8.92. The van der Waals surface area contributed by atoms with E-state index in [9.17, 15) is 19.8 Å². The Bertz CT molecular complexity index is 1460. The first-order valence-corrected chi connectivity index (χ1v) is 12.0. The highest BCUT2D eigenvalue weighted by Crippen LogP contribution is 2.22. The molecule has 2 aromatic heterocycles. The molecule has 0 saturated carbocycles. The van der Waals surface area contributed by atoms with Crippen LogP contribution in [0.25, 0.3) is 16.8 Å². The van der Waals surface area contributed by atoms with Crippen molar-refractivity contribution in [3.63, 3.8) is 0 Å². The van der Waals surface area contributed by atoms with Crippen LogP contribution in [0.1, 0.15) is 16.1 Å². The van der Waals surface area contributed by atoms with Crippen LogP contribution in [-0.2, 0) is 17.8 Å². The molecule has 0 aliphatic carbocycles. The molecule has 2 aromatic carbocycles. The number of hydrogen-bond donors (Lipinski definition) is 3. The minimum Gasteiger partial charge on any atom is -0.501 e. The van der Waals surface area contributed by atoms with Gasteiger partial charge in [0, 0.05) is 32.7 Å². The van der Waals surface area contributed by atoms with E-state index < -0.39 is 23.0 Å². The SMILES string of the molecule is NCc1ccc(Cl)c(Cl)c1.O=C(O)c1nc2n(CCN3CCOCC3)c3ccccc3n2c(=O)c1O. The van der Waals surface area contributed by atoms with Crippen molar-refractivity contribution < 1.29 is 19.7 Å². The average Bonchev–Trinajstić information content (AvgIpc) is 3.21. The largest absolute Gasteiger partial charge is 0.501 e. The van der Waals surface area contributed by atoms with Gasteiger partial charge >= 0.3 is 11.5 Å². The number of carboxylic acid groups (broad SMARTS) is 1. The lowest BCUT2D eigenvalue weighted by Gasteiger charge is -2.26. The Morgan fingerprint density at radius 3 is 2.39 bits per heavy atom. The number of nitrogens with zero attached hydrogens (tertiary/aromatic N) is 4. The molecule has 36 heavy (non-hydrogen) atoms. The van der Waals surface area contributed by atoms with Gasteiger partial charge in [0.15, 0.2) is 5.69 Å². The molecular formula is C24H25Cl2N5O5. The summed E-state index contributed by atoms with van der Waals surface area (Å²) in [7, 11) is 0. The summed E-state index contributed by atoms with van der Waals surface area (Å²) in [6.45, 7) is 4.77. The molecule has 190 valence electrons. The summed E-state index contributed by atoms with van der Waals surface area (Å²) >= 11 is 11.4. The third-order valence-corrected chi connectivity index (χ3v) is 6.60. The number of rotatable bonds is 5. The number of benzene rings is 2. The summed E-state index contributed by atoms with van der Waals surface area (Å²) in [5, 5.41) is 20.3. The van der Waals surface area contributed by atoms with Crippen molar-refractivity contribution in [3.8, 4) is 5.75 Å². The molecule has 5 rings (SSSR count). The van der Waals surface area contributed by atoms with Gasteiger partial charge in [0.25, 0.3) is 0 Å². The number of fused-ring (bicyclic) bond motifs is 3. The predicted octanol–water partition coefficient (Wildman–Crippen LogP) is 2.84. The predicted molar refractivity (Wildman–Crippen MR) is 137 cm³/mol. The third-order valence-electron chi connectivity index (χ3n) is 5.86. The Balaban J connectivity index is 0.000000256. The molecule has 4 N–H and O–H groups in total. The van der Waals surface area contributed by atoms with Crippen molar-refractivity contribution in [2.24, 2.45) is 5.73 Å². The Morgan fingerprint density at radius 2 is 1.75 bits per heavy atom. The number of imidazole rings is 1. The second-order valence-electron chi connectivity index (χ2n) is 8.10. The van der Waals surface area contributed by atoms with Gasteiger partial charge in [-0.3, -0.25) is 9.69 Å². The van der Waals surface area contributed by atoms with Gasteiger partial charge in [-0.15, -0.1) is 0 Å². The number of aromatic hydroxyl groups is 1. The number of para-hydroxylation sites is 2. The zero-order valence-corrected chi connectivity index (χ0v) is 20.7. The summed E-state index contributed by atoms with van der Waals surface area (Å²) in [5.74, 6) is -2.09. The molecule has 1 fully saturated rings. The number of aromatic carboxylic acids is 1. The van der Waals surface area contributed by atoms with Crippen LogP contribution < -0.4 is 11.3 Å². The fourth-order valence-electron chi connectivity index (χ4n) is 3.99. The summed E-state index contributed by atoms with van der Waals surface area (Å²) in [6, 6.07) is 12.6. The molecule has 0 spiro atoms. The van der Waals surface area contributed by atoms with Crippen LogP contribution >= 0.6 is 23.2 Å². The van der Waals surface area contributed by atoms with Crippen LogP contribution in [-0.4, -0.2) is 67.9 Å². The lowest BCUT2D eigenvalue weighted by molar-refractivity contribution is 0.0366. The molecule has 0 radical (unpaired) electrons. The van der Waals surface area contributed by atoms with Crippen molar-refractivity contribution in [2.75, 3.05) is 32.8 Å². The highest BCUT2D eigenvalue weighted by atomic mass is 35.5. The highest BCUT2D eigenvalue weighted by Gasteiger charge is 2.22. The van der Waals surface area contributed by atoms with Gasteiger partial charge in [0.2, 0.25) is 11.5 Å². The standard InChI is InChI=1S/C17H18N4O5.C7H7Cl2N/c22-14-13(16(24)25)18-17-20(6-5-19-7-9-26-10-8-19)11-3-1-2-4-12(11)21(17)15(14)23;8-6-2-1-5(4-10)3-7(6)9/h1-4,22H,5-10H2,(H,24,25);1-3H,4,10H2.